The number of nitrogens with one attached hydrogen (secondary N) is 1. The van der Waals surface area contributed by atoms with Crippen molar-refractivity contribution >= 4 is 23.5 Å². The molecule has 2 rings (SSSR count). The van der Waals surface area contributed by atoms with Crippen LogP contribution < -0.4 is 5.32 Å². The Morgan fingerprint density at radius 2 is 1.50 bits per heavy atom. The zero-order chi connectivity index (χ0) is 14.4. The minimum Gasteiger partial charge on any atom is -0.335 e. The number of amides is 3. The molecule has 0 saturated heterocycles. The molecule has 0 bridgehead atoms. The van der Waals surface area contributed by atoms with E-state index in [0.29, 0.717) is 0 Å². The summed E-state index contributed by atoms with van der Waals surface area (Å²) in [6, 6.07) is 0.0403. The fourth-order valence-corrected chi connectivity index (χ4v) is 3.51. The van der Waals surface area contributed by atoms with Crippen LogP contribution >= 0.6 is 11.6 Å². The second kappa shape index (κ2) is 7.87. The average Bonchev–Trinajstić information content (AvgIpc) is 2.49. The molecule has 2 saturated carbocycles. The maximum absolute atomic E-state index is 12.4. The summed E-state index contributed by atoms with van der Waals surface area (Å²) in [4.78, 5) is 25.9. The minimum atomic E-state index is -0.258. The molecule has 5 heteroatoms. The van der Waals surface area contributed by atoms with Gasteiger partial charge in [-0.05, 0) is 25.7 Å². The van der Waals surface area contributed by atoms with Crippen LogP contribution in [0.25, 0.3) is 0 Å². The topological polar surface area (TPSA) is 49.4 Å². The van der Waals surface area contributed by atoms with Crippen molar-refractivity contribution in [3.8, 4) is 0 Å². The van der Waals surface area contributed by atoms with Crippen LogP contribution in [0.3, 0.4) is 0 Å². The zero-order valence-corrected chi connectivity index (χ0v) is 12.8. The molecule has 2 fully saturated rings. The summed E-state index contributed by atoms with van der Waals surface area (Å²) >= 11 is 5.68. The van der Waals surface area contributed by atoms with Crippen molar-refractivity contribution in [1.82, 2.24) is 10.2 Å². The second-order valence-electron chi connectivity index (χ2n) is 5.97. The number of rotatable bonds is 3. The van der Waals surface area contributed by atoms with Gasteiger partial charge >= 0.3 is 6.03 Å². The average molecular weight is 301 g/mol. The zero-order valence-electron chi connectivity index (χ0n) is 12.1. The molecular formula is C15H25ClN2O2. The molecular weight excluding hydrogens is 276 g/mol. The predicted molar refractivity (Wildman–Crippen MR) is 79.8 cm³/mol. The molecule has 0 atom stereocenters. The number of halogens is 1. The van der Waals surface area contributed by atoms with Gasteiger partial charge in [0.15, 0.2) is 0 Å². The van der Waals surface area contributed by atoms with Gasteiger partial charge in [0, 0.05) is 12.1 Å². The van der Waals surface area contributed by atoms with Crippen LogP contribution in [0, 0.1) is 0 Å². The van der Waals surface area contributed by atoms with E-state index in [1.54, 1.807) is 0 Å². The number of hydrogen-bond donors (Lipinski definition) is 1. The van der Waals surface area contributed by atoms with Gasteiger partial charge in [-0.2, -0.15) is 0 Å². The summed E-state index contributed by atoms with van der Waals surface area (Å²) in [5, 5.41) is 3.04. The summed E-state index contributed by atoms with van der Waals surface area (Å²) in [6.07, 6.45) is 10.8. The third-order valence-electron chi connectivity index (χ3n) is 4.47. The van der Waals surface area contributed by atoms with Gasteiger partial charge in [0.25, 0.3) is 0 Å². The molecule has 0 aromatic carbocycles. The molecule has 0 aromatic heterocycles. The predicted octanol–water partition coefficient (Wildman–Crippen LogP) is 3.43. The number of hydrogen-bond acceptors (Lipinski definition) is 2. The molecule has 2 aliphatic carbocycles. The summed E-state index contributed by atoms with van der Waals surface area (Å²) in [7, 11) is 0. The van der Waals surface area contributed by atoms with E-state index in [1.165, 1.54) is 17.7 Å². The molecule has 0 unspecified atom stereocenters. The molecule has 20 heavy (non-hydrogen) atoms. The van der Waals surface area contributed by atoms with Crippen molar-refractivity contribution in [2.45, 2.75) is 76.3 Å². The normalized spacial score (nSPS) is 21.4. The van der Waals surface area contributed by atoms with E-state index in [2.05, 4.69) is 5.32 Å². The van der Waals surface area contributed by atoms with Crippen molar-refractivity contribution in [2.75, 3.05) is 5.88 Å². The van der Waals surface area contributed by atoms with Gasteiger partial charge in [-0.1, -0.05) is 38.5 Å². The van der Waals surface area contributed by atoms with Crippen LogP contribution in [0.4, 0.5) is 4.79 Å². The summed E-state index contributed by atoms with van der Waals surface area (Å²) < 4.78 is 0. The molecule has 1 N–H and O–H groups in total. The van der Waals surface area contributed by atoms with Gasteiger partial charge in [0.1, 0.15) is 5.88 Å². The molecule has 0 heterocycles. The van der Waals surface area contributed by atoms with E-state index in [4.69, 9.17) is 11.6 Å². The van der Waals surface area contributed by atoms with Gasteiger partial charge in [0.2, 0.25) is 5.91 Å². The maximum Gasteiger partial charge on any atom is 0.324 e. The first-order valence-electron chi connectivity index (χ1n) is 7.91. The standard InChI is InChI=1S/C15H25ClN2O2/c16-11-14(19)18(13-9-5-2-6-10-13)15(20)17-12-7-3-1-4-8-12/h12-13H,1-11H2,(H,17,20). The quantitative estimate of drug-likeness (QED) is 0.812. The fourth-order valence-electron chi connectivity index (χ4n) is 3.38. The Hall–Kier alpha value is -0.770. The lowest BCUT2D eigenvalue weighted by molar-refractivity contribution is -0.127. The fraction of sp³-hybridized carbons (Fsp3) is 0.867. The smallest absolute Gasteiger partial charge is 0.324 e. The van der Waals surface area contributed by atoms with Crippen molar-refractivity contribution in [3.63, 3.8) is 0 Å². The number of carbonyl (C=O) groups is 2. The lowest BCUT2D eigenvalue weighted by Gasteiger charge is -2.34. The maximum atomic E-state index is 12.4. The van der Waals surface area contributed by atoms with Crippen LogP contribution in [0.15, 0.2) is 0 Å². The Morgan fingerprint density at radius 3 is 2.05 bits per heavy atom. The molecule has 0 aliphatic heterocycles. The lowest BCUT2D eigenvalue weighted by atomic mass is 9.94. The SMILES string of the molecule is O=C(CCl)N(C(=O)NC1CCCCC1)C1CCCCC1. The first kappa shape index (κ1) is 15.6. The molecule has 0 aromatic rings. The highest BCUT2D eigenvalue weighted by molar-refractivity contribution is 6.28. The molecule has 0 spiro atoms. The Kier molecular flexibility index (Phi) is 6.14. The van der Waals surface area contributed by atoms with Gasteiger partial charge in [0.05, 0.1) is 0 Å². The van der Waals surface area contributed by atoms with Crippen LogP contribution in [0.5, 0.6) is 0 Å². The van der Waals surface area contributed by atoms with E-state index in [-0.39, 0.29) is 29.9 Å². The summed E-state index contributed by atoms with van der Waals surface area (Å²) in [5.41, 5.74) is 0. The Morgan fingerprint density at radius 1 is 0.950 bits per heavy atom. The van der Waals surface area contributed by atoms with Gasteiger partial charge in [-0.3, -0.25) is 9.69 Å². The molecule has 0 radical (unpaired) electrons. The van der Waals surface area contributed by atoms with Gasteiger partial charge < -0.3 is 5.32 Å². The first-order chi connectivity index (χ1) is 9.72. The monoisotopic (exact) mass is 300 g/mol. The van der Waals surface area contributed by atoms with E-state index in [1.807, 2.05) is 0 Å². The number of carbonyl (C=O) groups excluding carboxylic acids is 2. The van der Waals surface area contributed by atoms with E-state index < -0.39 is 0 Å². The highest BCUT2D eigenvalue weighted by Crippen LogP contribution is 2.24. The van der Waals surface area contributed by atoms with Gasteiger partial charge in [-0.25, -0.2) is 4.79 Å². The molecule has 2 aliphatic rings. The summed E-state index contributed by atoms with van der Waals surface area (Å²) in [5.74, 6) is -0.374. The van der Waals surface area contributed by atoms with Crippen LogP contribution in [-0.2, 0) is 4.79 Å². The number of urea groups is 1. The third kappa shape index (κ3) is 4.11. The minimum absolute atomic E-state index is 0.0404. The molecule has 3 amide bonds. The van der Waals surface area contributed by atoms with Crippen molar-refractivity contribution in [3.05, 3.63) is 0 Å². The lowest BCUT2D eigenvalue weighted by Crippen LogP contribution is -2.53. The highest BCUT2D eigenvalue weighted by Gasteiger charge is 2.31. The Bertz CT molecular complexity index is 337. The van der Waals surface area contributed by atoms with E-state index in [9.17, 15) is 9.59 Å². The first-order valence-corrected chi connectivity index (χ1v) is 8.44. The van der Waals surface area contributed by atoms with Crippen molar-refractivity contribution in [1.29, 1.82) is 0 Å². The number of imide groups is 1. The largest absolute Gasteiger partial charge is 0.335 e. The van der Waals surface area contributed by atoms with E-state index in [0.717, 1.165) is 51.4 Å². The van der Waals surface area contributed by atoms with Crippen LogP contribution in [0.2, 0.25) is 0 Å². The summed E-state index contributed by atoms with van der Waals surface area (Å²) in [6.45, 7) is 0. The molecule has 114 valence electrons. The number of alkyl halides is 1. The van der Waals surface area contributed by atoms with Crippen LogP contribution in [-0.4, -0.2) is 34.8 Å². The highest BCUT2D eigenvalue weighted by atomic mass is 35.5. The number of nitrogens with zero attached hydrogens (tertiary/aromatic N) is 1. The third-order valence-corrected chi connectivity index (χ3v) is 4.70. The van der Waals surface area contributed by atoms with Crippen molar-refractivity contribution < 1.29 is 9.59 Å². The van der Waals surface area contributed by atoms with Crippen LogP contribution in [0.1, 0.15) is 64.2 Å². The van der Waals surface area contributed by atoms with Gasteiger partial charge in [-0.15, -0.1) is 11.6 Å². The van der Waals surface area contributed by atoms with E-state index >= 15 is 0 Å². The Labute approximate surface area is 126 Å². The van der Waals surface area contributed by atoms with Crippen molar-refractivity contribution in [2.24, 2.45) is 0 Å². The second-order valence-corrected chi connectivity index (χ2v) is 6.24. The molecule has 4 nitrogen and oxygen atoms in total. The Balaban J connectivity index is 1.97.